The minimum absolute atomic E-state index is 0.138. The largest absolute Gasteiger partial charge is 0.388 e. The highest BCUT2D eigenvalue weighted by Gasteiger charge is 2.40. The Morgan fingerprint density at radius 1 is 1.00 bits per heavy atom. The van der Waals surface area contributed by atoms with Crippen molar-refractivity contribution in [3.05, 3.63) is 0 Å². The molecule has 2 rings (SSSR count). The first kappa shape index (κ1) is 14.8. The van der Waals surface area contributed by atoms with E-state index < -0.39 is 5.60 Å². The molecule has 0 radical (unpaired) electrons. The summed E-state index contributed by atoms with van der Waals surface area (Å²) in [7, 11) is 0. The average molecular weight is 267 g/mol. The fraction of sp³-hybridized carbons (Fsp3) is 0.938. The van der Waals surface area contributed by atoms with E-state index >= 15 is 0 Å². The van der Waals surface area contributed by atoms with Gasteiger partial charge in [-0.1, -0.05) is 45.4 Å². The van der Waals surface area contributed by atoms with Crippen molar-refractivity contribution >= 4 is 5.91 Å². The molecule has 0 spiro atoms. The maximum Gasteiger partial charge on any atom is 0.226 e. The van der Waals surface area contributed by atoms with Crippen LogP contribution in [0.1, 0.15) is 77.6 Å². The van der Waals surface area contributed by atoms with Gasteiger partial charge in [0.2, 0.25) is 5.91 Å². The van der Waals surface area contributed by atoms with Crippen molar-refractivity contribution in [3.63, 3.8) is 0 Å². The van der Waals surface area contributed by atoms with Gasteiger partial charge in [0.15, 0.2) is 0 Å². The van der Waals surface area contributed by atoms with Gasteiger partial charge in [-0.3, -0.25) is 4.79 Å². The van der Waals surface area contributed by atoms with Crippen molar-refractivity contribution < 1.29 is 9.90 Å². The van der Waals surface area contributed by atoms with E-state index in [9.17, 15) is 9.90 Å². The molecule has 2 N–H and O–H groups in total. The van der Waals surface area contributed by atoms with Gasteiger partial charge >= 0.3 is 0 Å². The van der Waals surface area contributed by atoms with Gasteiger partial charge < -0.3 is 10.4 Å². The molecule has 2 fully saturated rings. The number of nitrogens with one attached hydrogen (secondary N) is 1. The normalized spacial score (nSPS) is 25.8. The lowest BCUT2D eigenvalue weighted by molar-refractivity contribution is -0.132. The Morgan fingerprint density at radius 2 is 1.53 bits per heavy atom. The molecular weight excluding hydrogens is 238 g/mol. The highest BCUT2D eigenvalue weighted by molar-refractivity contribution is 5.82. The molecule has 0 bridgehead atoms. The van der Waals surface area contributed by atoms with Crippen LogP contribution in [-0.4, -0.2) is 23.2 Å². The molecule has 2 aliphatic rings. The van der Waals surface area contributed by atoms with Crippen LogP contribution in [0.15, 0.2) is 0 Å². The third-order valence-electron chi connectivity index (χ3n) is 5.33. The molecule has 0 heterocycles. The van der Waals surface area contributed by atoms with Gasteiger partial charge in [-0.2, -0.15) is 0 Å². The van der Waals surface area contributed by atoms with E-state index in [0.29, 0.717) is 6.54 Å². The Morgan fingerprint density at radius 3 is 2.05 bits per heavy atom. The molecule has 110 valence electrons. The molecule has 1 amide bonds. The quantitative estimate of drug-likeness (QED) is 0.769. The van der Waals surface area contributed by atoms with Gasteiger partial charge in [-0.15, -0.1) is 0 Å². The summed E-state index contributed by atoms with van der Waals surface area (Å²) in [4.78, 5) is 12.4. The first-order chi connectivity index (χ1) is 9.10. The van der Waals surface area contributed by atoms with E-state index in [0.717, 1.165) is 44.9 Å². The summed E-state index contributed by atoms with van der Waals surface area (Å²) in [6.45, 7) is 2.57. The Balaban J connectivity index is 1.88. The number of rotatable bonds is 4. The standard InChI is InChI=1S/C16H29NO2/c1-2-15(9-7-8-10-15)14(18)17-13-16(19)11-5-3-4-6-12-16/h19H,2-13H2,1H3,(H,17,18). The first-order valence-electron chi connectivity index (χ1n) is 8.11. The molecule has 0 unspecified atom stereocenters. The van der Waals surface area contributed by atoms with E-state index in [1.54, 1.807) is 0 Å². The number of aliphatic hydroxyl groups is 1. The van der Waals surface area contributed by atoms with Crippen LogP contribution in [-0.2, 0) is 4.79 Å². The third kappa shape index (κ3) is 3.50. The van der Waals surface area contributed by atoms with Gasteiger partial charge in [0, 0.05) is 12.0 Å². The molecular formula is C16H29NO2. The van der Waals surface area contributed by atoms with Gasteiger partial charge in [-0.25, -0.2) is 0 Å². The summed E-state index contributed by atoms with van der Waals surface area (Å²) in [6.07, 6.45) is 11.6. The summed E-state index contributed by atoms with van der Waals surface area (Å²) in [5.74, 6) is 0.185. The average Bonchev–Trinajstić information content (AvgIpc) is 2.81. The van der Waals surface area contributed by atoms with Crippen LogP contribution in [0, 0.1) is 5.41 Å². The molecule has 0 aromatic heterocycles. The molecule has 19 heavy (non-hydrogen) atoms. The first-order valence-corrected chi connectivity index (χ1v) is 8.11. The van der Waals surface area contributed by atoms with Crippen LogP contribution >= 0.6 is 0 Å². The van der Waals surface area contributed by atoms with Gasteiger partial charge in [-0.05, 0) is 32.1 Å². The summed E-state index contributed by atoms with van der Waals surface area (Å²) >= 11 is 0. The molecule has 0 aromatic rings. The van der Waals surface area contributed by atoms with Gasteiger partial charge in [0.25, 0.3) is 0 Å². The SMILES string of the molecule is CCC1(C(=O)NCC2(O)CCCCCC2)CCCC1. The van der Waals surface area contributed by atoms with Crippen LogP contribution in [0.2, 0.25) is 0 Å². The second kappa shape index (κ2) is 6.25. The minimum Gasteiger partial charge on any atom is -0.388 e. The number of hydrogen-bond acceptors (Lipinski definition) is 2. The van der Waals surface area contributed by atoms with Crippen LogP contribution in [0.5, 0.6) is 0 Å². The Kier molecular flexibility index (Phi) is 4.88. The zero-order valence-electron chi connectivity index (χ0n) is 12.3. The van der Waals surface area contributed by atoms with Crippen molar-refractivity contribution in [1.29, 1.82) is 0 Å². The fourth-order valence-corrected chi connectivity index (χ4v) is 3.79. The molecule has 2 aliphatic carbocycles. The Bertz CT molecular complexity index is 300. The maximum absolute atomic E-state index is 12.4. The van der Waals surface area contributed by atoms with Crippen molar-refractivity contribution in [3.8, 4) is 0 Å². The van der Waals surface area contributed by atoms with Crippen LogP contribution in [0.3, 0.4) is 0 Å². The minimum atomic E-state index is -0.653. The summed E-state index contributed by atoms with van der Waals surface area (Å²) in [5.41, 5.74) is -0.791. The van der Waals surface area contributed by atoms with Gasteiger partial charge in [0.1, 0.15) is 0 Å². The summed E-state index contributed by atoms with van der Waals surface area (Å²) in [5, 5.41) is 13.7. The van der Waals surface area contributed by atoms with Gasteiger partial charge in [0.05, 0.1) is 5.60 Å². The zero-order chi connectivity index (χ0) is 13.8. The van der Waals surface area contributed by atoms with E-state index in [1.165, 1.54) is 25.7 Å². The molecule has 0 atom stereocenters. The lowest BCUT2D eigenvalue weighted by Gasteiger charge is -2.31. The van der Waals surface area contributed by atoms with E-state index in [-0.39, 0.29) is 11.3 Å². The van der Waals surface area contributed by atoms with Crippen molar-refractivity contribution in [1.82, 2.24) is 5.32 Å². The fourth-order valence-electron chi connectivity index (χ4n) is 3.79. The second-order valence-electron chi connectivity index (χ2n) is 6.66. The topological polar surface area (TPSA) is 49.3 Å². The molecule has 0 aliphatic heterocycles. The summed E-state index contributed by atoms with van der Waals surface area (Å²) < 4.78 is 0. The highest BCUT2D eigenvalue weighted by Crippen LogP contribution is 2.41. The predicted octanol–water partition coefficient (Wildman–Crippen LogP) is 3.16. The molecule has 0 aromatic carbocycles. The van der Waals surface area contributed by atoms with Crippen molar-refractivity contribution in [2.45, 2.75) is 83.2 Å². The zero-order valence-corrected chi connectivity index (χ0v) is 12.3. The third-order valence-corrected chi connectivity index (χ3v) is 5.33. The lowest BCUT2D eigenvalue weighted by atomic mass is 9.82. The molecule has 0 saturated heterocycles. The maximum atomic E-state index is 12.4. The number of hydrogen-bond donors (Lipinski definition) is 2. The van der Waals surface area contributed by atoms with E-state index in [4.69, 9.17) is 0 Å². The number of amides is 1. The molecule has 2 saturated carbocycles. The molecule has 3 heteroatoms. The van der Waals surface area contributed by atoms with E-state index in [2.05, 4.69) is 12.2 Å². The van der Waals surface area contributed by atoms with E-state index in [1.807, 2.05) is 0 Å². The lowest BCUT2D eigenvalue weighted by Crippen LogP contribution is -2.47. The number of carbonyl (C=O) groups excluding carboxylic acids is 1. The summed E-state index contributed by atoms with van der Waals surface area (Å²) in [6, 6.07) is 0. The van der Waals surface area contributed by atoms with Crippen molar-refractivity contribution in [2.24, 2.45) is 5.41 Å². The predicted molar refractivity (Wildman–Crippen MR) is 76.9 cm³/mol. The monoisotopic (exact) mass is 267 g/mol. The van der Waals surface area contributed by atoms with Crippen LogP contribution in [0.25, 0.3) is 0 Å². The second-order valence-corrected chi connectivity index (χ2v) is 6.66. The highest BCUT2D eigenvalue weighted by atomic mass is 16.3. The smallest absolute Gasteiger partial charge is 0.226 e. The number of carbonyl (C=O) groups is 1. The Labute approximate surface area is 117 Å². The van der Waals surface area contributed by atoms with Crippen LogP contribution in [0.4, 0.5) is 0 Å². The molecule has 3 nitrogen and oxygen atoms in total. The van der Waals surface area contributed by atoms with Crippen LogP contribution < -0.4 is 5.32 Å². The Hall–Kier alpha value is -0.570. The van der Waals surface area contributed by atoms with Crippen molar-refractivity contribution in [2.75, 3.05) is 6.54 Å².